The number of benzene rings is 2. The number of halogens is 2. The monoisotopic (exact) mass is 402 g/mol. The molecule has 9 heteroatoms. The number of hydrogen-bond donors (Lipinski definition) is 2. The van der Waals surface area contributed by atoms with Gasteiger partial charge in [0.1, 0.15) is 5.75 Å². The maximum absolute atomic E-state index is 12.3. The van der Waals surface area contributed by atoms with Crippen molar-refractivity contribution in [3.63, 3.8) is 0 Å². The van der Waals surface area contributed by atoms with Crippen LogP contribution in [0.1, 0.15) is 6.92 Å². The molecule has 0 heterocycles. The molecular weight excluding hydrogens is 387 g/mol. The third kappa shape index (κ3) is 4.85. The van der Waals surface area contributed by atoms with Crippen molar-refractivity contribution in [2.75, 3.05) is 12.4 Å². The first-order valence-corrected chi connectivity index (χ1v) is 9.40. The summed E-state index contributed by atoms with van der Waals surface area (Å²) in [5.74, 6) is -0.0402. The molecule has 0 aromatic heterocycles. The lowest BCUT2D eigenvalue weighted by Gasteiger charge is -2.15. The summed E-state index contributed by atoms with van der Waals surface area (Å²) in [6, 6.07) is 9.56. The molecule has 0 unspecified atom stereocenters. The molecule has 134 valence electrons. The highest BCUT2D eigenvalue weighted by Crippen LogP contribution is 2.29. The number of anilines is 1. The largest absolute Gasteiger partial charge is 0.497 e. The summed E-state index contributed by atoms with van der Waals surface area (Å²) in [7, 11) is -2.38. The van der Waals surface area contributed by atoms with Crippen molar-refractivity contribution in [1.82, 2.24) is 4.72 Å². The van der Waals surface area contributed by atoms with Crippen LogP contribution in [0.15, 0.2) is 47.4 Å². The number of hydrogen-bond acceptors (Lipinski definition) is 4. The van der Waals surface area contributed by atoms with Gasteiger partial charge in [-0.25, -0.2) is 8.42 Å². The Hall–Kier alpha value is -1.80. The van der Waals surface area contributed by atoms with Crippen molar-refractivity contribution < 1.29 is 17.9 Å². The van der Waals surface area contributed by atoms with Crippen molar-refractivity contribution in [3.05, 3.63) is 52.5 Å². The molecule has 0 aliphatic rings. The number of rotatable bonds is 6. The Kier molecular flexibility index (Phi) is 6.29. The van der Waals surface area contributed by atoms with Gasteiger partial charge in [-0.3, -0.25) is 4.79 Å². The molecule has 2 aromatic carbocycles. The molecular formula is C16H16Cl2N2O4S. The van der Waals surface area contributed by atoms with Crippen LogP contribution in [-0.4, -0.2) is 27.5 Å². The zero-order chi connectivity index (χ0) is 18.6. The fraction of sp³-hybridized carbons (Fsp3) is 0.188. The topological polar surface area (TPSA) is 84.5 Å². The van der Waals surface area contributed by atoms with Gasteiger partial charge in [0.25, 0.3) is 0 Å². The molecule has 0 aliphatic heterocycles. The SMILES string of the molecule is COc1ccc(S(=O)(=O)N[C@@H](C)C(=O)Nc2cccc(Cl)c2Cl)cc1. The van der Waals surface area contributed by atoms with E-state index in [0.717, 1.165) is 0 Å². The van der Waals surface area contributed by atoms with Crippen molar-refractivity contribution in [3.8, 4) is 5.75 Å². The Morgan fingerprint density at radius 2 is 1.76 bits per heavy atom. The molecule has 0 radical (unpaired) electrons. The maximum Gasteiger partial charge on any atom is 0.242 e. The quantitative estimate of drug-likeness (QED) is 0.775. The van der Waals surface area contributed by atoms with Crippen LogP contribution in [-0.2, 0) is 14.8 Å². The molecule has 2 rings (SSSR count). The summed E-state index contributed by atoms with van der Waals surface area (Å²) in [5, 5.41) is 3.01. The minimum atomic E-state index is -3.87. The molecule has 1 atom stereocenters. The lowest BCUT2D eigenvalue weighted by Crippen LogP contribution is -2.41. The van der Waals surface area contributed by atoms with Gasteiger partial charge in [0, 0.05) is 0 Å². The van der Waals surface area contributed by atoms with E-state index in [2.05, 4.69) is 10.0 Å². The third-order valence-corrected chi connectivity index (χ3v) is 5.68. The smallest absolute Gasteiger partial charge is 0.242 e. The molecule has 1 amide bonds. The lowest BCUT2D eigenvalue weighted by atomic mass is 10.3. The Balaban J connectivity index is 2.10. The normalized spacial score (nSPS) is 12.5. The van der Waals surface area contributed by atoms with Crippen LogP contribution in [0.2, 0.25) is 10.0 Å². The first-order chi connectivity index (χ1) is 11.7. The Labute approximate surface area is 156 Å². The van der Waals surface area contributed by atoms with E-state index in [-0.39, 0.29) is 14.9 Å². The summed E-state index contributed by atoms with van der Waals surface area (Å²) in [6.07, 6.45) is 0. The number of methoxy groups -OCH3 is 1. The van der Waals surface area contributed by atoms with Gasteiger partial charge < -0.3 is 10.1 Å². The summed E-state index contributed by atoms with van der Waals surface area (Å²) >= 11 is 11.9. The molecule has 0 saturated heterocycles. The fourth-order valence-corrected chi connectivity index (χ4v) is 3.50. The summed E-state index contributed by atoms with van der Waals surface area (Å²) in [5.41, 5.74) is 0.301. The summed E-state index contributed by atoms with van der Waals surface area (Å²) in [4.78, 5) is 12.2. The number of nitrogens with one attached hydrogen (secondary N) is 2. The molecule has 0 fully saturated rings. The summed E-state index contributed by atoms with van der Waals surface area (Å²) in [6.45, 7) is 1.43. The fourth-order valence-electron chi connectivity index (χ4n) is 1.95. The van der Waals surface area contributed by atoms with Gasteiger partial charge in [-0.05, 0) is 43.3 Å². The van der Waals surface area contributed by atoms with E-state index in [1.807, 2.05) is 0 Å². The number of ether oxygens (including phenoxy) is 1. The number of carbonyl (C=O) groups is 1. The van der Waals surface area contributed by atoms with Crippen LogP contribution in [0.4, 0.5) is 5.69 Å². The molecule has 0 saturated carbocycles. The predicted octanol–water partition coefficient (Wildman–Crippen LogP) is 3.31. The Morgan fingerprint density at radius 3 is 2.36 bits per heavy atom. The average Bonchev–Trinajstić information content (AvgIpc) is 2.58. The molecule has 0 bridgehead atoms. The van der Waals surface area contributed by atoms with E-state index in [9.17, 15) is 13.2 Å². The van der Waals surface area contributed by atoms with E-state index in [0.29, 0.717) is 11.4 Å². The van der Waals surface area contributed by atoms with Gasteiger partial charge in [0.2, 0.25) is 15.9 Å². The van der Waals surface area contributed by atoms with Gasteiger partial charge in [-0.2, -0.15) is 4.72 Å². The molecule has 2 N–H and O–H groups in total. The second kappa shape index (κ2) is 8.05. The third-order valence-electron chi connectivity index (χ3n) is 3.30. The summed E-state index contributed by atoms with van der Waals surface area (Å²) < 4.78 is 32.0. The van der Waals surface area contributed by atoms with Crippen LogP contribution in [0.25, 0.3) is 0 Å². The first kappa shape index (κ1) is 19.5. The van der Waals surface area contributed by atoms with Crippen LogP contribution in [0.3, 0.4) is 0 Å². The zero-order valence-corrected chi connectivity index (χ0v) is 15.7. The molecule has 2 aromatic rings. The molecule has 0 spiro atoms. The maximum atomic E-state index is 12.3. The van der Waals surface area contributed by atoms with Crippen molar-refractivity contribution in [2.24, 2.45) is 0 Å². The van der Waals surface area contributed by atoms with Crippen LogP contribution >= 0.6 is 23.2 Å². The van der Waals surface area contributed by atoms with Gasteiger partial charge in [-0.15, -0.1) is 0 Å². The highest BCUT2D eigenvalue weighted by molar-refractivity contribution is 7.89. The van der Waals surface area contributed by atoms with E-state index >= 15 is 0 Å². The zero-order valence-electron chi connectivity index (χ0n) is 13.4. The van der Waals surface area contributed by atoms with Crippen molar-refractivity contribution in [2.45, 2.75) is 17.9 Å². The number of sulfonamides is 1. The minimum Gasteiger partial charge on any atom is -0.497 e. The second-order valence-electron chi connectivity index (χ2n) is 5.11. The number of amides is 1. The molecule has 0 aliphatic carbocycles. The van der Waals surface area contributed by atoms with Crippen molar-refractivity contribution in [1.29, 1.82) is 0 Å². The van der Waals surface area contributed by atoms with Gasteiger partial charge in [-0.1, -0.05) is 29.3 Å². The highest BCUT2D eigenvalue weighted by atomic mass is 35.5. The molecule has 25 heavy (non-hydrogen) atoms. The standard InChI is InChI=1S/C16H16Cl2N2O4S/c1-10(16(21)19-14-5-3-4-13(17)15(14)18)20-25(22,23)12-8-6-11(24-2)7-9-12/h3-10,20H,1-2H3,(H,19,21)/t10-/m0/s1. The van der Waals surface area contributed by atoms with E-state index in [1.54, 1.807) is 18.2 Å². The average molecular weight is 403 g/mol. The highest BCUT2D eigenvalue weighted by Gasteiger charge is 2.22. The number of carbonyl (C=O) groups excluding carboxylic acids is 1. The first-order valence-electron chi connectivity index (χ1n) is 7.16. The van der Waals surface area contributed by atoms with Gasteiger partial charge >= 0.3 is 0 Å². The van der Waals surface area contributed by atoms with E-state index in [4.69, 9.17) is 27.9 Å². The van der Waals surface area contributed by atoms with Crippen LogP contribution < -0.4 is 14.8 Å². The van der Waals surface area contributed by atoms with E-state index < -0.39 is 22.0 Å². The second-order valence-corrected chi connectivity index (χ2v) is 7.61. The predicted molar refractivity (Wildman–Crippen MR) is 97.9 cm³/mol. The van der Waals surface area contributed by atoms with Crippen LogP contribution in [0.5, 0.6) is 5.75 Å². The van der Waals surface area contributed by atoms with Gasteiger partial charge in [0.05, 0.1) is 33.8 Å². The Morgan fingerprint density at radius 1 is 1.12 bits per heavy atom. The van der Waals surface area contributed by atoms with Crippen molar-refractivity contribution >= 4 is 44.8 Å². The van der Waals surface area contributed by atoms with Gasteiger partial charge in [0.15, 0.2) is 0 Å². The lowest BCUT2D eigenvalue weighted by molar-refractivity contribution is -0.117. The van der Waals surface area contributed by atoms with Crippen LogP contribution in [0, 0.1) is 0 Å². The Bertz CT molecular complexity index is 870. The van der Waals surface area contributed by atoms with E-state index in [1.165, 1.54) is 38.3 Å². The molecule has 6 nitrogen and oxygen atoms in total. The minimum absolute atomic E-state index is 0.0220.